The lowest BCUT2D eigenvalue weighted by atomic mass is 10.1. The third-order valence-corrected chi connectivity index (χ3v) is 3.23. The maximum absolute atomic E-state index is 9.60. The molecule has 2 N–H and O–H groups in total. The van der Waals surface area contributed by atoms with Crippen LogP contribution in [-0.2, 0) is 6.42 Å². The molecule has 0 saturated heterocycles. The molecular weight excluding hydrogens is 250 g/mol. The highest BCUT2D eigenvalue weighted by atomic mass is 16.3. The summed E-state index contributed by atoms with van der Waals surface area (Å²) in [7, 11) is 0. The Bertz CT molecular complexity index is 596. The summed E-state index contributed by atoms with van der Waals surface area (Å²) >= 11 is 0. The van der Waals surface area contributed by atoms with Gasteiger partial charge in [-0.05, 0) is 31.9 Å². The van der Waals surface area contributed by atoms with Crippen LogP contribution in [0.4, 0.5) is 5.82 Å². The normalized spacial score (nSPS) is 10.6. The second-order valence-electron chi connectivity index (χ2n) is 4.80. The maximum atomic E-state index is 9.60. The average Bonchev–Trinajstić information content (AvgIpc) is 2.46. The predicted molar refractivity (Wildman–Crippen MR) is 82.0 cm³/mol. The molecule has 0 fully saturated rings. The first-order chi connectivity index (χ1) is 9.65. The highest BCUT2D eigenvalue weighted by Gasteiger charge is 2.11. The van der Waals surface area contributed by atoms with E-state index in [1.165, 1.54) is 0 Å². The van der Waals surface area contributed by atoms with E-state index in [2.05, 4.69) is 29.1 Å². The largest absolute Gasteiger partial charge is 0.508 e. The highest BCUT2D eigenvalue weighted by molar-refractivity contribution is 5.61. The number of anilines is 1. The minimum atomic E-state index is 0.229. The highest BCUT2D eigenvalue weighted by Crippen LogP contribution is 2.24. The first-order valence-corrected chi connectivity index (χ1v) is 7.06. The van der Waals surface area contributed by atoms with E-state index in [-0.39, 0.29) is 5.75 Å². The summed E-state index contributed by atoms with van der Waals surface area (Å²) in [4.78, 5) is 9.21. The van der Waals surface area contributed by atoms with Crippen molar-refractivity contribution in [3.8, 4) is 17.1 Å². The van der Waals surface area contributed by atoms with Crippen LogP contribution in [0.2, 0.25) is 0 Å². The van der Waals surface area contributed by atoms with Gasteiger partial charge in [-0.15, -0.1) is 0 Å². The number of rotatable bonds is 5. The van der Waals surface area contributed by atoms with E-state index < -0.39 is 0 Å². The first-order valence-electron chi connectivity index (χ1n) is 7.06. The van der Waals surface area contributed by atoms with Crippen molar-refractivity contribution < 1.29 is 5.11 Å². The molecule has 0 atom stereocenters. The Labute approximate surface area is 119 Å². The average molecular weight is 271 g/mol. The molecule has 0 bridgehead atoms. The van der Waals surface area contributed by atoms with Gasteiger partial charge in [0, 0.05) is 23.4 Å². The second-order valence-corrected chi connectivity index (χ2v) is 4.80. The van der Waals surface area contributed by atoms with Gasteiger partial charge in [-0.3, -0.25) is 0 Å². The molecule has 0 aliphatic heterocycles. The number of aryl methyl sites for hydroxylation is 1. The summed E-state index contributed by atoms with van der Waals surface area (Å²) in [6, 6.07) is 7.05. The van der Waals surface area contributed by atoms with Crippen molar-refractivity contribution in [2.45, 2.75) is 33.6 Å². The number of benzene rings is 1. The third kappa shape index (κ3) is 3.07. The number of phenolic OH excluding ortho intramolecular Hbond substituents is 1. The molecule has 20 heavy (non-hydrogen) atoms. The molecule has 4 nitrogen and oxygen atoms in total. The lowest BCUT2D eigenvalue weighted by Gasteiger charge is -2.13. The van der Waals surface area contributed by atoms with Crippen LogP contribution in [0.15, 0.2) is 24.3 Å². The van der Waals surface area contributed by atoms with Gasteiger partial charge in [-0.2, -0.15) is 0 Å². The van der Waals surface area contributed by atoms with Gasteiger partial charge in [0.2, 0.25) is 0 Å². The van der Waals surface area contributed by atoms with Crippen LogP contribution in [0.3, 0.4) is 0 Å². The zero-order valence-electron chi connectivity index (χ0n) is 12.3. The summed E-state index contributed by atoms with van der Waals surface area (Å²) in [6.07, 6.45) is 1.91. The van der Waals surface area contributed by atoms with Crippen molar-refractivity contribution in [2.75, 3.05) is 11.9 Å². The van der Waals surface area contributed by atoms with Crippen molar-refractivity contribution in [1.82, 2.24) is 9.97 Å². The van der Waals surface area contributed by atoms with Crippen LogP contribution in [0.25, 0.3) is 11.4 Å². The Kier molecular flexibility index (Phi) is 4.56. The van der Waals surface area contributed by atoms with E-state index >= 15 is 0 Å². The fourth-order valence-electron chi connectivity index (χ4n) is 2.10. The number of aromatic nitrogens is 2. The van der Waals surface area contributed by atoms with Crippen LogP contribution in [0.1, 0.15) is 31.5 Å². The minimum absolute atomic E-state index is 0.229. The molecule has 1 aromatic heterocycles. The third-order valence-electron chi connectivity index (χ3n) is 3.23. The molecule has 106 valence electrons. The van der Waals surface area contributed by atoms with Crippen molar-refractivity contribution in [3.05, 3.63) is 35.5 Å². The molecule has 0 spiro atoms. The van der Waals surface area contributed by atoms with Gasteiger partial charge in [0.25, 0.3) is 0 Å². The van der Waals surface area contributed by atoms with Gasteiger partial charge >= 0.3 is 0 Å². The van der Waals surface area contributed by atoms with Crippen LogP contribution in [0, 0.1) is 6.92 Å². The Morgan fingerprint density at radius 2 is 2.00 bits per heavy atom. The maximum Gasteiger partial charge on any atom is 0.161 e. The molecule has 1 aromatic carbocycles. The summed E-state index contributed by atoms with van der Waals surface area (Å²) < 4.78 is 0. The van der Waals surface area contributed by atoms with E-state index in [0.29, 0.717) is 5.82 Å². The van der Waals surface area contributed by atoms with Crippen LogP contribution in [-0.4, -0.2) is 21.6 Å². The van der Waals surface area contributed by atoms with E-state index in [0.717, 1.165) is 42.0 Å². The Hall–Kier alpha value is -2.10. The first kappa shape index (κ1) is 14.3. The summed E-state index contributed by atoms with van der Waals surface area (Å²) in [6.45, 7) is 7.15. The molecule has 0 aliphatic carbocycles. The summed E-state index contributed by atoms with van der Waals surface area (Å²) in [5.41, 5.74) is 2.97. The van der Waals surface area contributed by atoms with Crippen molar-refractivity contribution in [2.24, 2.45) is 0 Å². The molecule has 0 saturated carbocycles. The van der Waals surface area contributed by atoms with Gasteiger partial charge < -0.3 is 10.4 Å². The van der Waals surface area contributed by atoms with Crippen molar-refractivity contribution in [1.29, 1.82) is 0 Å². The molecular formula is C16H21N3O. The van der Waals surface area contributed by atoms with E-state index in [1.807, 2.05) is 13.0 Å². The van der Waals surface area contributed by atoms with Crippen LogP contribution in [0.5, 0.6) is 5.75 Å². The molecule has 0 unspecified atom stereocenters. The van der Waals surface area contributed by atoms with Crippen LogP contribution < -0.4 is 5.32 Å². The molecule has 0 radical (unpaired) electrons. The molecule has 2 aromatic rings. The Morgan fingerprint density at radius 1 is 1.20 bits per heavy atom. The SMILES string of the molecule is CCCNc1nc(-c2cccc(O)c2)nc(CC)c1C. The second kappa shape index (κ2) is 6.37. The Morgan fingerprint density at radius 3 is 2.65 bits per heavy atom. The fraction of sp³-hybridized carbons (Fsp3) is 0.375. The molecule has 0 amide bonds. The number of phenols is 1. The standard InChI is InChI=1S/C16H21N3O/c1-4-9-17-15-11(3)14(5-2)18-16(19-15)12-7-6-8-13(20)10-12/h6-8,10,20H,4-5,9H2,1-3H3,(H,17,18,19). The molecule has 2 rings (SSSR count). The quantitative estimate of drug-likeness (QED) is 0.873. The minimum Gasteiger partial charge on any atom is -0.508 e. The van der Waals surface area contributed by atoms with Gasteiger partial charge in [0.1, 0.15) is 11.6 Å². The Balaban J connectivity index is 2.48. The fourth-order valence-corrected chi connectivity index (χ4v) is 2.10. The molecule has 4 heteroatoms. The van der Waals surface area contributed by atoms with E-state index in [1.54, 1.807) is 18.2 Å². The number of nitrogens with one attached hydrogen (secondary N) is 1. The smallest absolute Gasteiger partial charge is 0.161 e. The topological polar surface area (TPSA) is 58.0 Å². The van der Waals surface area contributed by atoms with Gasteiger partial charge in [-0.25, -0.2) is 9.97 Å². The predicted octanol–water partition coefficient (Wildman–Crippen LogP) is 3.54. The van der Waals surface area contributed by atoms with E-state index in [4.69, 9.17) is 0 Å². The van der Waals surface area contributed by atoms with Crippen LogP contribution >= 0.6 is 0 Å². The number of hydrogen-bond acceptors (Lipinski definition) is 4. The van der Waals surface area contributed by atoms with E-state index in [9.17, 15) is 5.11 Å². The summed E-state index contributed by atoms with van der Waals surface area (Å²) in [5.74, 6) is 1.77. The van der Waals surface area contributed by atoms with Crippen molar-refractivity contribution in [3.63, 3.8) is 0 Å². The zero-order chi connectivity index (χ0) is 14.5. The number of nitrogens with zero attached hydrogens (tertiary/aromatic N) is 2. The number of hydrogen-bond donors (Lipinski definition) is 2. The van der Waals surface area contributed by atoms with Gasteiger partial charge in [-0.1, -0.05) is 26.0 Å². The van der Waals surface area contributed by atoms with Crippen molar-refractivity contribution >= 4 is 5.82 Å². The lowest BCUT2D eigenvalue weighted by molar-refractivity contribution is 0.475. The van der Waals surface area contributed by atoms with Gasteiger partial charge in [0.05, 0.1) is 0 Å². The summed E-state index contributed by atoms with van der Waals surface area (Å²) in [5, 5.41) is 12.9. The van der Waals surface area contributed by atoms with Gasteiger partial charge in [0.15, 0.2) is 5.82 Å². The monoisotopic (exact) mass is 271 g/mol. The number of aromatic hydroxyl groups is 1. The molecule has 1 heterocycles. The molecule has 0 aliphatic rings. The lowest BCUT2D eigenvalue weighted by Crippen LogP contribution is -2.08. The zero-order valence-corrected chi connectivity index (χ0v) is 12.3.